The molecule has 0 radical (unpaired) electrons. The number of allylic oxidation sites excluding steroid dienone is 3. The standard InChI is InChI=1S/C46H74INO16Si/c1-14-65(15-2,16-3)64-36-25-58-45(43(56-13)41(36)55-12)57-24-33-21-26(4)17-18-34(52)27(5)22-32(19-20-49)39(28(6)35(53)23-37(54)62-44(33)47)63-46-42(61-31(9)51)38(48(10)11)40(29(7)59-46)60-30(8)50/h17-18,20-21,25,27-29,32-33,35,38-46,53H,14-16,19,22-24H2,1-13H3/b18-17+,26-21+/t27-,28+,29?,32+,33?,35-,38?,39-,40-,41?,42?,43?,44+,45-,46+/m1/s1. The Labute approximate surface area is 399 Å². The number of likely N-dealkylation sites (N-methyl/N-ethyl adjacent to an activating group) is 1. The number of carbonyl (C=O) groups excluding carboxylic acids is 5. The smallest absolute Gasteiger partial charge is 0.309 e. The maximum absolute atomic E-state index is 13.8. The zero-order valence-corrected chi connectivity index (χ0v) is 43.6. The van der Waals surface area contributed by atoms with Crippen molar-refractivity contribution in [2.24, 2.45) is 23.7 Å². The molecule has 0 bridgehead atoms. The third kappa shape index (κ3) is 15.6. The minimum atomic E-state index is -2.09. The van der Waals surface area contributed by atoms with Crippen molar-refractivity contribution in [1.29, 1.82) is 0 Å². The maximum Gasteiger partial charge on any atom is 0.309 e. The van der Waals surface area contributed by atoms with Crippen LogP contribution in [-0.2, 0) is 71.0 Å². The van der Waals surface area contributed by atoms with Crippen LogP contribution in [0.1, 0.15) is 81.6 Å². The SMILES string of the molecule is CC[Si](CC)(CC)OC1=CO[C@@H](OCC2/C=C(C)/C=C/C(=O)[C@H](C)C[C@H](CC=O)[C@H](O[C@@H]3OC(C)[C@@H](OC(C)=O)C(N(C)C)C3OC(C)=O)[C@@H](C)[C@H](O)CC(=O)O[C@@H]2I)C(OC)C1OC. The molecule has 6 unspecified atom stereocenters. The fraction of sp³-hybridized carbons (Fsp3) is 0.761. The van der Waals surface area contributed by atoms with Gasteiger partial charge in [-0.25, -0.2) is 0 Å². The summed E-state index contributed by atoms with van der Waals surface area (Å²) >= 11 is 2.00. The van der Waals surface area contributed by atoms with E-state index >= 15 is 0 Å². The summed E-state index contributed by atoms with van der Waals surface area (Å²) in [5, 5.41) is 11.8. The van der Waals surface area contributed by atoms with Gasteiger partial charge in [0.05, 0.1) is 37.4 Å². The molecule has 65 heavy (non-hydrogen) atoms. The number of hydrogen-bond donors (Lipinski definition) is 1. The van der Waals surface area contributed by atoms with Crippen molar-refractivity contribution in [2.75, 3.05) is 34.9 Å². The summed E-state index contributed by atoms with van der Waals surface area (Å²) in [5.41, 5.74) is 0.684. The predicted octanol–water partition coefficient (Wildman–Crippen LogP) is 5.80. The molecule has 370 valence electrons. The van der Waals surface area contributed by atoms with Gasteiger partial charge in [0, 0.05) is 52.2 Å². The highest BCUT2D eigenvalue weighted by Crippen LogP contribution is 2.37. The minimum Gasteiger partial charge on any atom is -0.542 e. The van der Waals surface area contributed by atoms with Gasteiger partial charge in [0.15, 0.2) is 28.4 Å². The van der Waals surface area contributed by atoms with E-state index in [1.807, 2.05) is 35.6 Å². The van der Waals surface area contributed by atoms with Gasteiger partial charge in [0.1, 0.15) is 30.5 Å². The van der Waals surface area contributed by atoms with Crippen LogP contribution in [-0.4, -0.2) is 149 Å². The molecule has 3 heterocycles. The number of esters is 3. The van der Waals surface area contributed by atoms with Crippen LogP contribution >= 0.6 is 22.6 Å². The van der Waals surface area contributed by atoms with E-state index in [0.29, 0.717) is 17.6 Å². The van der Waals surface area contributed by atoms with Crippen molar-refractivity contribution in [2.45, 2.75) is 165 Å². The molecule has 3 aliphatic heterocycles. The van der Waals surface area contributed by atoms with E-state index in [1.165, 1.54) is 33.3 Å². The molecule has 1 N–H and O–H groups in total. The molecule has 17 nitrogen and oxygen atoms in total. The van der Waals surface area contributed by atoms with Crippen LogP contribution in [0.2, 0.25) is 18.1 Å². The number of hydrogen-bond acceptors (Lipinski definition) is 17. The molecule has 0 amide bonds. The molecule has 0 aromatic rings. The Kier molecular flexibility index (Phi) is 23.2. The summed E-state index contributed by atoms with van der Waals surface area (Å²) in [7, 11) is 4.49. The quantitative estimate of drug-likeness (QED) is 0.0457. The zero-order valence-electron chi connectivity index (χ0n) is 40.4. The second-order valence-corrected chi connectivity index (χ2v) is 23.5. The summed E-state index contributed by atoms with van der Waals surface area (Å²) < 4.78 is 60.4. The Morgan fingerprint density at radius 3 is 2.12 bits per heavy atom. The predicted molar refractivity (Wildman–Crippen MR) is 250 cm³/mol. The summed E-state index contributed by atoms with van der Waals surface area (Å²) in [4.78, 5) is 66.2. The Morgan fingerprint density at radius 1 is 0.938 bits per heavy atom. The number of nitrogens with zero attached hydrogens (tertiary/aromatic N) is 1. The lowest BCUT2D eigenvalue weighted by Crippen LogP contribution is -2.65. The van der Waals surface area contributed by atoms with Gasteiger partial charge in [-0.05, 0) is 87.1 Å². The molecule has 1 saturated heterocycles. The normalized spacial score (nSPS) is 35.7. The second-order valence-electron chi connectivity index (χ2n) is 17.6. The van der Waals surface area contributed by atoms with Crippen molar-refractivity contribution in [3.63, 3.8) is 0 Å². The molecule has 3 aliphatic rings. The van der Waals surface area contributed by atoms with E-state index in [1.54, 1.807) is 53.0 Å². The summed E-state index contributed by atoms with van der Waals surface area (Å²) in [6, 6.07) is 2.03. The first-order valence-corrected chi connectivity index (χ1v) is 26.4. The Hall–Kier alpha value is -2.76. The molecule has 0 aromatic carbocycles. The first kappa shape index (κ1) is 56.6. The number of methoxy groups -OCH3 is 2. The number of cyclic esters (lactones) is 1. The highest BCUT2D eigenvalue weighted by Gasteiger charge is 2.52. The van der Waals surface area contributed by atoms with Gasteiger partial charge in [0.25, 0.3) is 0 Å². The lowest BCUT2D eigenvalue weighted by molar-refractivity contribution is -0.308. The number of alkyl halides is 1. The summed E-state index contributed by atoms with van der Waals surface area (Å²) in [5.74, 6) is -4.31. The van der Waals surface area contributed by atoms with Gasteiger partial charge < -0.3 is 57.0 Å². The average molecular weight is 1050 g/mol. The lowest BCUT2D eigenvalue weighted by atomic mass is 9.79. The average Bonchev–Trinajstić information content (AvgIpc) is 3.25. The number of rotatable bonds is 17. The third-order valence-electron chi connectivity index (χ3n) is 12.7. The van der Waals surface area contributed by atoms with Crippen molar-refractivity contribution >= 4 is 60.9 Å². The van der Waals surface area contributed by atoms with Crippen LogP contribution in [0.3, 0.4) is 0 Å². The molecule has 1 fully saturated rings. The maximum atomic E-state index is 13.8. The van der Waals surface area contributed by atoms with Crippen LogP contribution in [0.25, 0.3) is 0 Å². The third-order valence-corrected chi connectivity index (χ3v) is 18.4. The molecular formula is C46H74INO16Si. The van der Waals surface area contributed by atoms with Crippen molar-refractivity contribution < 1.29 is 76.1 Å². The first-order valence-electron chi connectivity index (χ1n) is 22.6. The molecule has 3 rings (SSSR count). The fourth-order valence-corrected chi connectivity index (χ4v) is 12.1. The monoisotopic (exact) mass is 1050 g/mol. The van der Waals surface area contributed by atoms with Gasteiger partial charge in [-0.15, -0.1) is 0 Å². The Balaban J connectivity index is 1.98. The number of aldehydes is 1. The Morgan fingerprint density at radius 2 is 1.57 bits per heavy atom. The number of carbonyl (C=O) groups is 5. The van der Waals surface area contributed by atoms with Gasteiger partial charge in [0.2, 0.25) is 14.6 Å². The van der Waals surface area contributed by atoms with Crippen LogP contribution in [0.4, 0.5) is 0 Å². The highest BCUT2D eigenvalue weighted by molar-refractivity contribution is 14.1. The molecular weight excluding hydrogens is 977 g/mol. The molecule has 0 spiro atoms. The van der Waals surface area contributed by atoms with Gasteiger partial charge >= 0.3 is 17.9 Å². The van der Waals surface area contributed by atoms with Crippen molar-refractivity contribution in [3.8, 4) is 0 Å². The van der Waals surface area contributed by atoms with E-state index in [4.69, 9.17) is 47.1 Å². The number of halogens is 1. The summed E-state index contributed by atoms with van der Waals surface area (Å²) in [6.45, 7) is 15.8. The van der Waals surface area contributed by atoms with E-state index < -0.39 is 122 Å². The number of ketones is 1. The van der Waals surface area contributed by atoms with Crippen molar-refractivity contribution in [1.82, 2.24) is 4.90 Å². The van der Waals surface area contributed by atoms with Gasteiger partial charge in [-0.2, -0.15) is 0 Å². The fourth-order valence-electron chi connectivity index (χ4n) is 8.76. The Bertz CT molecular complexity index is 1660. The van der Waals surface area contributed by atoms with Gasteiger partial charge in [-0.3, -0.25) is 24.1 Å². The lowest BCUT2D eigenvalue weighted by Gasteiger charge is -2.48. The topological polar surface area (TPSA) is 201 Å². The molecule has 15 atom stereocenters. The van der Waals surface area contributed by atoms with E-state index in [-0.39, 0.29) is 25.2 Å². The van der Waals surface area contributed by atoms with E-state index in [0.717, 1.165) is 18.1 Å². The van der Waals surface area contributed by atoms with Gasteiger partial charge in [-0.1, -0.05) is 52.3 Å². The molecule has 0 aliphatic carbocycles. The van der Waals surface area contributed by atoms with Crippen LogP contribution < -0.4 is 0 Å². The van der Waals surface area contributed by atoms with Crippen LogP contribution in [0.15, 0.2) is 35.8 Å². The molecule has 0 aromatic heterocycles. The molecule has 19 heteroatoms. The molecule has 0 saturated carbocycles. The van der Waals surface area contributed by atoms with E-state index in [9.17, 15) is 29.1 Å². The largest absolute Gasteiger partial charge is 0.542 e. The van der Waals surface area contributed by atoms with Crippen molar-refractivity contribution in [3.05, 3.63) is 35.8 Å². The number of aliphatic hydroxyl groups excluding tert-OH is 1. The van der Waals surface area contributed by atoms with E-state index in [2.05, 4.69) is 20.8 Å². The summed E-state index contributed by atoms with van der Waals surface area (Å²) in [6.07, 6.45) is -1.80. The highest BCUT2D eigenvalue weighted by atomic mass is 127. The van der Waals surface area contributed by atoms with Crippen LogP contribution in [0.5, 0.6) is 0 Å². The zero-order chi connectivity index (χ0) is 48.8. The second kappa shape index (κ2) is 26.7. The minimum absolute atomic E-state index is 0.00319. The van der Waals surface area contributed by atoms with Crippen LogP contribution in [0, 0.1) is 23.7 Å². The number of aliphatic hydroxyl groups is 1. The number of ether oxygens (including phenoxy) is 9. The first-order chi connectivity index (χ1) is 30.7.